The third kappa shape index (κ3) is 10.0. The molecule has 3 N–H and O–H groups in total. The molecule has 1 aromatic heterocycles. The van der Waals surface area contributed by atoms with Gasteiger partial charge < -0.3 is 38.7 Å². The number of rotatable bonds is 11. The number of fused-ring (bicyclic) bond motifs is 12. The first-order valence-electron chi connectivity index (χ1n) is 28.8. The van der Waals surface area contributed by atoms with Crippen LogP contribution in [0.4, 0.5) is 0 Å². The predicted molar refractivity (Wildman–Crippen MR) is 305 cm³/mol. The fourth-order valence-corrected chi connectivity index (χ4v) is 14.9. The van der Waals surface area contributed by atoms with Crippen LogP contribution in [0, 0.1) is 29.6 Å². The molecular weight excluding hydrogens is 1000 g/mol. The van der Waals surface area contributed by atoms with Gasteiger partial charge in [0.05, 0.1) is 31.8 Å². The summed E-state index contributed by atoms with van der Waals surface area (Å²) in [6.07, 6.45) is 7.82. The van der Waals surface area contributed by atoms with Crippen LogP contribution in [0.2, 0.25) is 0 Å². The van der Waals surface area contributed by atoms with Gasteiger partial charge in [0.1, 0.15) is 11.3 Å². The van der Waals surface area contributed by atoms with E-state index < -0.39 is 47.9 Å². The molecule has 6 aromatic rings. The Bertz CT molecular complexity index is 3520. The van der Waals surface area contributed by atoms with E-state index in [2.05, 4.69) is 109 Å². The fraction of sp³-hybridized carbons (Fsp3) is 0.406. The van der Waals surface area contributed by atoms with Gasteiger partial charge in [-0.05, 0) is 162 Å². The fourth-order valence-electron chi connectivity index (χ4n) is 14.9. The Balaban J connectivity index is 1.06. The molecule has 0 radical (unpaired) electrons. The molecule has 2 saturated carbocycles. The first-order valence-corrected chi connectivity index (χ1v) is 28.8. The number of aliphatic hydroxyl groups is 3. The Morgan fingerprint density at radius 1 is 0.825 bits per heavy atom. The highest BCUT2D eigenvalue weighted by Crippen LogP contribution is 2.59. The van der Waals surface area contributed by atoms with Gasteiger partial charge in [-0.25, -0.2) is 9.59 Å². The van der Waals surface area contributed by atoms with E-state index in [0.29, 0.717) is 42.2 Å². The Morgan fingerprint density at radius 3 is 2.49 bits per heavy atom. The minimum absolute atomic E-state index is 0.00380. The topological polar surface area (TPSA) is 162 Å². The summed E-state index contributed by atoms with van der Waals surface area (Å²) < 4.78 is 33.8. The van der Waals surface area contributed by atoms with Gasteiger partial charge in [-0.3, -0.25) is 4.79 Å². The summed E-state index contributed by atoms with van der Waals surface area (Å²) >= 11 is 0. The highest BCUT2D eigenvalue weighted by Gasteiger charge is 2.61. The SMILES string of the molecule is COC[C@@H](CCO)c1c(CO)c2ccc3c(c2oc1=O)[C@H]1OC(=O)C[C@H]2C[C@@H](c4cccc(Cc5ccccc5)c4)CC[C@@H]2c2ccc4cc2CC#CC[C@@]([C@@H]2C[C@@H]5C=Cc6ccccc6[C@@H]5C2)(O3)[C@H]1OC(=O)/C(=C(/C)CO)CC4. The maximum Gasteiger partial charge on any atom is 0.340 e. The molecule has 0 unspecified atom stereocenters. The summed E-state index contributed by atoms with van der Waals surface area (Å²) in [5.74, 6) is 5.66. The van der Waals surface area contributed by atoms with Crippen molar-refractivity contribution in [3.63, 3.8) is 0 Å². The standard InChI is InChI=1S/C69H70O11/c1-41(38-71)53-23-18-43-19-24-55-48(32-43)15-8-9-29-69(52-35-49-21-20-45-14-6-7-17-54(45)58(49)37-52)66(79-67(53)74)65(63-60(80-69)27-26-57-59(39-72)62(68(75)78-64(57)63)50(28-30-70)40-76-2)77-61(73)36-51-34-47(22-25-56(51)55)46-16-10-13-44(33-46)31-42-11-4-3-5-12-42/h3-7,10-14,16-17,19-21,24,26-27,32-33,47,49-52,56,58,65-66,70-72H,15,18,22-23,25,28-31,34-40H2,1-2H3/b53-41-/t47-,49-,50+,51+,52+,56-,58+,65+,66-,69-/m0/s1. The summed E-state index contributed by atoms with van der Waals surface area (Å²) in [5, 5.41) is 32.6. The molecule has 2 fully saturated rings. The van der Waals surface area contributed by atoms with E-state index in [9.17, 15) is 20.1 Å². The Hall–Kier alpha value is -7.07. The van der Waals surface area contributed by atoms with Crippen LogP contribution in [-0.4, -0.2) is 65.9 Å². The van der Waals surface area contributed by atoms with Crippen molar-refractivity contribution in [3.8, 4) is 17.6 Å². The average Bonchev–Trinajstić information content (AvgIpc) is 4.05. The molecular formula is C69H70O11. The molecule has 11 heteroatoms. The minimum Gasteiger partial charge on any atom is -0.481 e. The van der Waals surface area contributed by atoms with Gasteiger partial charge >= 0.3 is 17.6 Å². The smallest absolute Gasteiger partial charge is 0.340 e. The van der Waals surface area contributed by atoms with Crippen molar-refractivity contribution in [1.29, 1.82) is 0 Å². The first kappa shape index (κ1) is 53.6. The molecule has 5 bridgehead atoms. The maximum absolute atomic E-state index is 15.7. The Kier molecular flexibility index (Phi) is 15.3. The van der Waals surface area contributed by atoms with Gasteiger partial charge in [-0.15, -0.1) is 0 Å². The van der Waals surface area contributed by atoms with E-state index in [0.717, 1.165) is 47.9 Å². The molecule has 0 saturated heterocycles. The van der Waals surface area contributed by atoms with Crippen LogP contribution in [-0.2, 0) is 49.7 Å². The molecule has 3 aliphatic carbocycles. The lowest BCUT2D eigenvalue weighted by molar-refractivity contribution is -0.202. The zero-order valence-corrected chi connectivity index (χ0v) is 45.7. The number of benzene rings is 5. The van der Waals surface area contributed by atoms with Crippen LogP contribution in [0.15, 0.2) is 136 Å². The Labute approximate surface area is 467 Å². The van der Waals surface area contributed by atoms with Gasteiger partial charge in [0.2, 0.25) is 0 Å². The molecule has 4 heterocycles. The zero-order chi connectivity index (χ0) is 55.1. The second kappa shape index (κ2) is 22.8. The summed E-state index contributed by atoms with van der Waals surface area (Å²) in [4.78, 5) is 45.9. The van der Waals surface area contributed by atoms with Crippen molar-refractivity contribution in [3.05, 3.63) is 198 Å². The van der Waals surface area contributed by atoms with Crippen molar-refractivity contribution >= 4 is 29.0 Å². The second-order valence-corrected chi connectivity index (χ2v) is 23.3. The normalized spacial score (nSPS) is 26.9. The molecule has 11 nitrogen and oxygen atoms in total. The van der Waals surface area contributed by atoms with Crippen molar-refractivity contribution in [2.24, 2.45) is 17.8 Å². The van der Waals surface area contributed by atoms with Crippen LogP contribution in [0.3, 0.4) is 0 Å². The number of allylic oxidation sites excluding steroid dienone is 1. The molecule has 0 spiro atoms. The largest absolute Gasteiger partial charge is 0.481 e. The molecule has 6 aliphatic rings. The highest BCUT2D eigenvalue weighted by molar-refractivity contribution is 5.90. The Morgan fingerprint density at radius 2 is 1.66 bits per heavy atom. The lowest BCUT2D eigenvalue weighted by Gasteiger charge is -2.49. The molecule has 80 heavy (non-hydrogen) atoms. The predicted octanol–water partition coefficient (Wildman–Crippen LogP) is 11.4. The van der Waals surface area contributed by atoms with Crippen LogP contribution in [0.25, 0.3) is 17.0 Å². The molecule has 412 valence electrons. The average molecular weight is 1080 g/mol. The molecule has 0 amide bonds. The number of ether oxygens (including phenoxy) is 4. The van der Waals surface area contributed by atoms with Crippen LogP contribution >= 0.6 is 0 Å². The van der Waals surface area contributed by atoms with Crippen LogP contribution < -0.4 is 10.4 Å². The number of hydrogen-bond acceptors (Lipinski definition) is 11. The quantitative estimate of drug-likeness (QED) is 0.0490. The minimum atomic E-state index is -1.43. The number of aryl methyl sites for hydroxylation is 1. The van der Waals surface area contributed by atoms with Crippen molar-refractivity contribution < 1.29 is 48.3 Å². The van der Waals surface area contributed by atoms with E-state index in [1.165, 1.54) is 29.4 Å². The third-order valence-electron chi connectivity index (χ3n) is 18.8. The van der Waals surface area contributed by atoms with Gasteiger partial charge in [-0.2, -0.15) is 0 Å². The number of carbonyl (C=O) groups is 2. The number of hydrogen-bond donors (Lipinski definition) is 3. The lowest BCUT2D eigenvalue weighted by atomic mass is 9.67. The zero-order valence-electron chi connectivity index (χ0n) is 45.7. The van der Waals surface area contributed by atoms with E-state index in [-0.39, 0.29) is 109 Å². The van der Waals surface area contributed by atoms with E-state index in [4.69, 9.17) is 23.4 Å². The van der Waals surface area contributed by atoms with Crippen molar-refractivity contribution in [2.45, 2.75) is 132 Å². The number of methoxy groups -OCH3 is 1. The molecule has 3 aliphatic heterocycles. The number of carbonyl (C=O) groups excluding carboxylic acids is 2. The molecule has 10 atom stereocenters. The summed E-state index contributed by atoms with van der Waals surface area (Å²) in [6, 6.07) is 37.9. The van der Waals surface area contributed by atoms with Gasteiger partial charge in [-0.1, -0.05) is 121 Å². The van der Waals surface area contributed by atoms with Crippen molar-refractivity contribution in [2.75, 3.05) is 26.9 Å². The van der Waals surface area contributed by atoms with E-state index >= 15 is 9.59 Å². The third-order valence-corrected chi connectivity index (χ3v) is 18.8. The van der Waals surface area contributed by atoms with Gasteiger partial charge in [0.15, 0.2) is 17.8 Å². The van der Waals surface area contributed by atoms with E-state index in [1.807, 2.05) is 12.1 Å². The summed E-state index contributed by atoms with van der Waals surface area (Å²) in [5.41, 5.74) is 8.68. The number of aliphatic hydroxyl groups excluding tert-OH is 3. The monoisotopic (exact) mass is 1070 g/mol. The summed E-state index contributed by atoms with van der Waals surface area (Å²) in [7, 11) is 1.51. The number of esters is 2. The van der Waals surface area contributed by atoms with Gasteiger partial charge in [0, 0.05) is 54.9 Å². The van der Waals surface area contributed by atoms with Gasteiger partial charge in [0.25, 0.3) is 0 Å². The second-order valence-electron chi connectivity index (χ2n) is 23.3. The lowest BCUT2D eigenvalue weighted by Crippen LogP contribution is -2.60. The molecule has 12 rings (SSSR count). The van der Waals surface area contributed by atoms with Crippen LogP contribution in [0.5, 0.6) is 5.75 Å². The van der Waals surface area contributed by atoms with Crippen molar-refractivity contribution in [1.82, 2.24) is 0 Å². The maximum atomic E-state index is 15.7. The highest BCUT2D eigenvalue weighted by atomic mass is 16.6. The van der Waals surface area contributed by atoms with E-state index in [1.54, 1.807) is 19.1 Å². The summed E-state index contributed by atoms with van der Waals surface area (Å²) in [6.45, 7) is 0.647. The first-order chi connectivity index (χ1) is 39.1. The molecule has 5 aromatic carbocycles. The van der Waals surface area contributed by atoms with Crippen LogP contribution in [0.1, 0.15) is 156 Å².